The molecule has 0 atom stereocenters. The highest BCUT2D eigenvalue weighted by molar-refractivity contribution is 5.47. The van der Waals surface area contributed by atoms with Crippen LogP contribution in [0.3, 0.4) is 0 Å². The quantitative estimate of drug-likeness (QED) is 0.763. The molecule has 3 rings (SSSR count). The van der Waals surface area contributed by atoms with E-state index < -0.39 is 0 Å². The lowest BCUT2D eigenvalue weighted by Gasteiger charge is -2.27. The number of para-hydroxylation sites is 1. The van der Waals surface area contributed by atoms with Crippen molar-refractivity contribution in [1.82, 2.24) is 4.98 Å². The van der Waals surface area contributed by atoms with Crippen molar-refractivity contribution < 1.29 is 9.47 Å². The minimum Gasteiger partial charge on any atom is -0.493 e. The molecule has 134 valence electrons. The number of fused-ring (bicyclic) bond motifs is 1. The normalized spacial score (nSPS) is 14.1. The summed E-state index contributed by atoms with van der Waals surface area (Å²) in [6, 6.07) is 12.5. The van der Waals surface area contributed by atoms with E-state index in [4.69, 9.17) is 9.47 Å². The summed E-state index contributed by atoms with van der Waals surface area (Å²) < 4.78 is 11.8. The molecule has 0 bridgehead atoms. The summed E-state index contributed by atoms with van der Waals surface area (Å²) in [4.78, 5) is 4.65. The van der Waals surface area contributed by atoms with E-state index in [1.165, 1.54) is 11.1 Å². The van der Waals surface area contributed by atoms with Gasteiger partial charge in [-0.1, -0.05) is 58.9 Å². The van der Waals surface area contributed by atoms with E-state index in [1.54, 1.807) is 0 Å². The molecule has 0 unspecified atom stereocenters. The summed E-state index contributed by atoms with van der Waals surface area (Å²) >= 11 is 0. The highest BCUT2D eigenvalue weighted by Gasteiger charge is 2.28. The minimum absolute atomic E-state index is 0.00266. The Morgan fingerprint density at radius 3 is 2.56 bits per heavy atom. The van der Waals surface area contributed by atoms with Crippen LogP contribution in [0.1, 0.15) is 57.9 Å². The largest absolute Gasteiger partial charge is 0.493 e. The van der Waals surface area contributed by atoms with Gasteiger partial charge in [-0.2, -0.15) is 0 Å². The van der Waals surface area contributed by atoms with Crippen molar-refractivity contribution in [1.29, 1.82) is 0 Å². The minimum atomic E-state index is -0.00266. The van der Waals surface area contributed by atoms with Gasteiger partial charge >= 0.3 is 0 Å². The average molecular weight is 339 g/mol. The Morgan fingerprint density at radius 2 is 1.80 bits per heavy atom. The molecule has 0 radical (unpaired) electrons. The summed E-state index contributed by atoms with van der Waals surface area (Å²) in [5.41, 5.74) is 3.69. The molecule has 0 fully saturated rings. The van der Waals surface area contributed by atoms with Crippen molar-refractivity contribution in [3.05, 3.63) is 53.2 Å². The Bertz CT molecular complexity index is 744. The first-order chi connectivity index (χ1) is 11.8. The zero-order valence-electron chi connectivity index (χ0n) is 16.1. The Labute approximate surface area is 151 Å². The first-order valence-corrected chi connectivity index (χ1v) is 9.13. The maximum atomic E-state index is 5.97. The van der Waals surface area contributed by atoms with Crippen molar-refractivity contribution in [3.63, 3.8) is 0 Å². The summed E-state index contributed by atoms with van der Waals surface area (Å²) in [5, 5.41) is 0. The van der Waals surface area contributed by atoms with Crippen molar-refractivity contribution in [3.8, 4) is 11.6 Å². The molecule has 2 heterocycles. The van der Waals surface area contributed by atoms with Crippen molar-refractivity contribution in [2.45, 2.75) is 58.3 Å². The van der Waals surface area contributed by atoms with E-state index in [-0.39, 0.29) is 10.8 Å². The van der Waals surface area contributed by atoms with Gasteiger partial charge in [-0.15, -0.1) is 0 Å². The number of rotatable bonds is 5. The first kappa shape index (κ1) is 17.8. The van der Waals surface area contributed by atoms with E-state index >= 15 is 0 Å². The topological polar surface area (TPSA) is 31.4 Å². The van der Waals surface area contributed by atoms with Crippen LogP contribution >= 0.6 is 0 Å². The van der Waals surface area contributed by atoms with E-state index in [0.29, 0.717) is 12.5 Å². The summed E-state index contributed by atoms with van der Waals surface area (Å²) in [7, 11) is 0. The molecule has 0 spiro atoms. The first-order valence-electron chi connectivity index (χ1n) is 9.13. The Kier molecular flexibility index (Phi) is 4.77. The lowest BCUT2D eigenvalue weighted by atomic mass is 9.80. The summed E-state index contributed by atoms with van der Waals surface area (Å²) in [6.45, 7) is 12.4. The lowest BCUT2D eigenvalue weighted by molar-refractivity contribution is 0.258. The molecule has 1 aliphatic rings. The predicted octanol–water partition coefficient (Wildman–Crippen LogP) is 5.06. The maximum absolute atomic E-state index is 5.97. The Hall–Kier alpha value is -2.03. The van der Waals surface area contributed by atoms with Crippen LogP contribution in [0.4, 0.5) is 0 Å². The van der Waals surface area contributed by atoms with Crippen molar-refractivity contribution >= 4 is 0 Å². The van der Waals surface area contributed by atoms with Crippen LogP contribution in [-0.2, 0) is 17.3 Å². The Morgan fingerprint density at radius 1 is 1.04 bits per heavy atom. The van der Waals surface area contributed by atoms with E-state index in [0.717, 1.165) is 30.9 Å². The number of ether oxygens (including phenoxy) is 2. The molecule has 0 saturated carbocycles. The summed E-state index contributed by atoms with van der Waals surface area (Å²) in [5.74, 6) is 1.79. The predicted molar refractivity (Wildman–Crippen MR) is 102 cm³/mol. The van der Waals surface area contributed by atoms with E-state index in [2.05, 4.69) is 63.9 Å². The third-order valence-electron chi connectivity index (χ3n) is 4.91. The van der Waals surface area contributed by atoms with E-state index in [1.807, 2.05) is 12.1 Å². The molecule has 0 aliphatic carbocycles. The monoisotopic (exact) mass is 339 g/mol. The smallest absolute Gasteiger partial charge is 0.213 e. The number of benzene rings is 1. The number of nitrogens with zero attached hydrogens (tertiary/aromatic N) is 1. The zero-order chi connectivity index (χ0) is 18.1. The van der Waals surface area contributed by atoms with Crippen LogP contribution in [-0.4, -0.2) is 18.2 Å². The van der Waals surface area contributed by atoms with Gasteiger partial charge in [0, 0.05) is 29.2 Å². The molecule has 25 heavy (non-hydrogen) atoms. The van der Waals surface area contributed by atoms with Crippen LogP contribution in [0.5, 0.6) is 11.6 Å². The second kappa shape index (κ2) is 6.70. The average Bonchev–Trinajstić information content (AvgIpc) is 3.02. The molecular formula is C22H29NO2. The van der Waals surface area contributed by atoms with Crippen LogP contribution < -0.4 is 9.47 Å². The molecule has 1 aromatic carbocycles. The Balaban J connectivity index is 1.67. The fourth-order valence-corrected chi connectivity index (χ4v) is 3.21. The highest BCUT2D eigenvalue weighted by Crippen LogP contribution is 2.39. The molecule has 1 aromatic heterocycles. The number of hydrogen-bond donors (Lipinski definition) is 0. The number of aromatic nitrogens is 1. The van der Waals surface area contributed by atoms with Gasteiger partial charge in [0.25, 0.3) is 0 Å². The van der Waals surface area contributed by atoms with Gasteiger partial charge in [-0.25, -0.2) is 4.98 Å². The summed E-state index contributed by atoms with van der Waals surface area (Å²) in [6.07, 6.45) is 1.92. The lowest BCUT2D eigenvalue weighted by Crippen LogP contribution is -2.22. The fourth-order valence-electron chi connectivity index (χ4n) is 3.21. The zero-order valence-corrected chi connectivity index (χ0v) is 16.1. The fraction of sp³-hybridized carbons (Fsp3) is 0.500. The molecule has 2 aromatic rings. The van der Waals surface area contributed by atoms with Crippen LogP contribution in [0.2, 0.25) is 0 Å². The van der Waals surface area contributed by atoms with Gasteiger partial charge in [0.2, 0.25) is 5.88 Å². The number of pyridine rings is 1. The molecule has 3 nitrogen and oxygen atoms in total. The van der Waals surface area contributed by atoms with Gasteiger partial charge in [-0.05, 0) is 23.5 Å². The third-order valence-corrected chi connectivity index (χ3v) is 4.91. The molecule has 3 heteroatoms. The molecule has 0 amide bonds. The number of hydrogen-bond acceptors (Lipinski definition) is 3. The maximum Gasteiger partial charge on any atom is 0.213 e. The van der Waals surface area contributed by atoms with Crippen LogP contribution in [0, 0.1) is 0 Å². The van der Waals surface area contributed by atoms with Gasteiger partial charge in [-0.3, -0.25) is 0 Å². The van der Waals surface area contributed by atoms with Crippen LogP contribution in [0.15, 0.2) is 36.4 Å². The SMILES string of the molecule is CC(C)(C)c1cccc(OCCC(C)(C)c2cccc3c2OCC3)n1. The third kappa shape index (κ3) is 3.97. The van der Waals surface area contributed by atoms with Crippen molar-refractivity contribution in [2.75, 3.05) is 13.2 Å². The van der Waals surface area contributed by atoms with Gasteiger partial charge in [0.1, 0.15) is 5.75 Å². The van der Waals surface area contributed by atoms with Gasteiger partial charge in [0.15, 0.2) is 0 Å². The second-order valence-corrected chi connectivity index (χ2v) is 8.49. The highest BCUT2D eigenvalue weighted by atomic mass is 16.5. The molecular weight excluding hydrogens is 310 g/mol. The molecule has 0 N–H and O–H groups in total. The standard InChI is InChI=1S/C22H29NO2/c1-21(2,3)18-10-7-11-19(23-18)24-15-13-22(4,5)17-9-6-8-16-12-14-25-20(16)17/h6-11H,12-15H2,1-5H3. The van der Waals surface area contributed by atoms with Crippen molar-refractivity contribution in [2.24, 2.45) is 0 Å². The van der Waals surface area contributed by atoms with E-state index in [9.17, 15) is 0 Å². The molecule has 0 saturated heterocycles. The van der Waals surface area contributed by atoms with Gasteiger partial charge < -0.3 is 9.47 Å². The van der Waals surface area contributed by atoms with Crippen LogP contribution in [0.25, 0.3) is 0 Å². The molecule has 1 aliphatic heterocycles. The second-order valence-electron chi connectivity index (χ2n) is 8.49. The van der Waals surface area contributed by atoms with Gasteiger partial charge in [0.05, 0.1) is 13.2 Å².